The van der Waals surface area contributed by atoms with Gasteiger partial charge >= 0.3 is 0 Å². The van der Waals surface area contributed by atoms with Gasteiger partial charge in [-0.3, -0.25) is 4.79 Å². The summed E-state index contributed by atoms with van der Waals surface area (Å²) in [5.74, 6) is -0.0921. The molecule has 0 spiro atoms. The molecule has 0 aliphatic carbocycles. The Morgan fingerprint density at radius 2 is 2.00 bits per heavy atom. The van der Waals surface area contributed by atoms with Crippen molar-refractivity contribution in [3.8, 4) is 0 Å². The standard InChI is InChI=1S/C12H17NO2/c1-9-4-6-11(7-5-9)10(2)13-12(14)8-15-3/h4-7,10H,8H2,1-3H3,(H,13,14)/t10-/m1/s1. The molecule has 0 bridgehead atoms. The number of nitrogens with one attached hydrogen (secondary N) is 1. The largest absolute Gasteiger partial charge is 0.375 e. The first-order chi connectivity index (χ1) is 7.13. The van der Waals surface area contributed by atoms with Gasteiger partial charge in [0, 0.05) is 7.11 Å². The molecular weight excluding hydrogens is 190 g/mol. The Kier molecular flexibility index (Phi) is 4.31. The van der Waals surface area contributed by atoms with E-state index in [4.69, 9.17) is 4.74 Å². The molecule has 3 heteroatoms. The first-order valence-electron chi connectivity index (χ1n) is 4.98. The lowest BCUT2D eigenvalue weighted by Gasteiger charge is -2.14. The SMILES string of the molecule is COCC(=O)N[C@H](C)c1ccc(C)cc1. The summed E-state index contributed by atoms with van der Waals surface area (Å²) in [6, 6.07) is 8.14. The van der Waals surface area contributed by atoms with Gasteiger partial charge in [0.25, 0.3) is 0 Å². The predicted octanol–water partition coefficient (Wildman–Crippen LogP) is 1.82. The van der Waals surface area contributed by atoms with Crippen molar-refractivity contribution in [1.82, 2.24) is 5.32 Å². The van der Waals surface area contributed by atoms with Crippen LogP contribution in [0.4, 0.5) is 0 Å². The maximum atomic E-state index is 11.3. The topological polar surface area (TPSA) is 38.3 Å². The quantitative estimate of drug-likeness (QED) is 0.817. The van der Waals surface area contributed by atoms with Gasteiger partial charge in [-0.25, -0.2) is 0 Å². The van der Waals surface area contributed by atoms with E-state index in [0.29, 0.717) is 0 Å². The maximum absolute atomic E-state index is 11.3. The van der Waals surface area contributed by atoms with Crippen LogP contribution < -0.4 is 5.32 Å². The highest BCUT2D eigenvalue weighted by molar-refractivity contribution is 5.77. The number of amides is 1. The highest BCUT2D eigenvalue weighted by Crippen LogP contribution is 2.12. The second-order valence-electron chi connectivity index (χ2n) is 3.63. The molecule has 3 nitrogen and oxygen atoms in total. The fraction of sp³-hybridized carbons (Fsp3) is 0.417. The fourth-order valence-electron chi connectivity index (χ4n) is 1.35. The summed E-state index contributed by atoms with van der Waals surface area (Å²) in [4.78, 5) is 11.3. The van der Waals surface area contributed by atoms with Gasteiger partial charge < -0.3 is 10.1 Å². The lowest BCUT2D eigenvalue weighted by Crippen LogP contribution is -2.29. The van der Waals surface area contributed by atoms with E-state index in [0.717, 1.165) is 5.56 Å². The second kappa shape index (κ2) is 5.51. The number of carbonyl (C=O) groups excluding carboxylic acids is 1. The minimum absolute atomic E-state index is 0.0215. The van der Waals surface area contributed by atoms with E-state index >= 15 is 0 Å². The number of benzene rings is 1. The summed E-state index contributed by atoms with van der Waals surface area (Å²) < 4.78 is 4.75. The smallest absolute Gasteiger partial charge is 0.246 e. The lowest BCUT2D eigenvalue weighted by molar-refractivity contribution is -0.125. The van der Waals surface area contributed by atoms with Crippen molar-refractivity contribution in [3.05, 3.63) is 35.4 Å². The molecule has 1 aromatic rings. The first kappa shape index (κ1) is 11.7. The van der Waals surface area contributed by atoms with Gasteiger partial charge in [0.2, 0.25) is 5.91 Å². The van der Waals surface area contributed by atoms with Crippen molar-refractivity contribution in [2.75, 3.05) is 13.7 Å². The van der Waals surface area contributed by atoms with E-state index in [1.54, 1.807) is 0 Å². The normalized spacial score (nSPS) is 12.2. The molecule has 0 aliphatic rings. The van der Waals surface area contributed by atoms with Crippen LogP contribution in [0.2, 0.25) is 0 Å². The molecule has 15 heavy (non-hydrogen) atoms. The van der Waals surface area contributed by atoms with Gasteiger partial charge in [-0.15, -0.1) is 0 Å². The zero-order chi connectivity index (χ0) is 11.3. The van der Waals surface area contributed by atoms with Crippen molar-refractivity contribution in [3.63, 3.8) is 0 Å². The van der Waals surface area contributed by atoms with Crippen molar-refractivity contribution in [2.45, 2.75) is 19.9 Å². The average molecular weight is 207 g/mol. The lowest BCUT2D eigenvalue weighted by atomic mass is 10.1. The van der Waals surface area contributed by atoms with Gasteiger partial charge in [0.15, 0.2) is 0 Å². The van der Waals surface area contributed by atoms with Gasteiger partial charge in [-0.05, 0) is 19.4 Å². The summed E-state index contributed by atoms with van der Waals surface area (Å²) in [6.45, 7) is 4.10. The Morgan fingerprint density at radius 1 is 1.40 bits per heavy atom. The van der Waals surface area contributed by atoms with E-state index in [-0.39, 0.29) is 18.6 Å². The first-order valence-corrected chi connectivity index (χ1v) is 4.98. The minimum Gasteiger partial charge on any atom is -0.375 e. The van der Waals surface area contributed by atoms with Crippen LogP contribution in [-0.2, 0) is 9.53 Å². The molecule has 0 unspecified atom stereocenters. The third-order valence-corrected chi connectivity index (χ3v) is 2.23. The zero-order valence-electron chi connectivity index (χ0n) is 9.41. The average Bonchev–Trinajstić information content (AvgIpc) is 2.18. The van der Waals surface area contributed by atoms with E-state index < -0.39 is 0 Å². The van der Waals surface area contributed by atoms with Gasteiger partial charge in [0.1, 0.15) is 6.61 Å². The molecule has 0 radical (unpaired) electrons. The Morgan fingerprint density at radius 3 is 2.53 bits per heavy atom. The van der Waals surface area contributed by atoms with Crippen molar-refractivity contribution >= 4 is 5.91 Å². The van der Waals surface area contributed by atoms with Gasteiger partial charge in [-0.1, -0.05) is 29.8 Å². The monoisotopic (exact) mass is 207 g/mol. The van der Waals surface area contributed by atoms with Crippen LogP contribution >= 0.6 is 0 Å². The number of methoxy groups -OCH3 is 1. The summed E-state index contributed by atoms with van der Waals surface area (Å²) in [5.41, 5.74) is 2.32. The zero-order valence-corrected chi connectivity index (χ0v) is 9.41. The summed E-state index contributed by atoms with van der Waals surface area (Å²) >= 11 is 0. The van der Waals surface area contributed by atoms with Crippen molar-refractivity contribution < 1.29 is 9.53 Å². The van der Waals surface area contributed by atoms with E-state index in [1.165, 1.54) is 12.7 Å². The molecule has 0 fully saturated rings. The molecular formula is C12H17NO2. The summed E-state index contributed by atoms with van der Waals surface area (Å²) in [6.07, 6.45) is 0. The number of carbonyl (C=O) groups is 1. The third-order valence-electron chi connectivity index (χ3n) is 2.23. The Hall–Kier alpha value is -1.35. The molecule has 1 rings (SSSR count). The minimum atomic E-state index is -0.0921. The summed E-state index contributed by atoms with van der Waals surface area (Å²) in [7, 11) is 1.51. The van der Waals surface area contributed by atoms with Crippen LogP contribution in [0.15, 0.2) is 24.3 Å². The van der Waals surface area contributed by atoms with Crippen LogP contribution in [0.1, 0.15) is 24.1 Å². The maximum Gasteiger partial charge on any atom is 0.246 e. The fourth-order valence-corrected chi connectivity index (χ4v) is 1.35. The Bertz CT molecular complexity index is 319. The number of ether oxygens (including phenoxy) is 1. The molecule has 0 saturated heterocycles. The second-order valence-corrected chi connectivity index (χ2v) is 3.63. The van der Waals surface area contributed by atoms with Crippen LogP contribution in [0.3, 0.4) is 0 Å². The van der Waals surface area contributed by atoms with Crippen LogP contribution in [0, 0.1) is 6.92 Å². The van der Waals surface area contributed by atoms with Crippen LogP contribution in [0.25, 0.3) is 0 Å². The molecule has 82 valence electrons. The Balaban J connectivity index is 2.57. The Labute approximate surface area is 90.4 Å². The van der Waals surface area contributed by atoms with E-state index in [1.807, 2.05) is 38.1 Å². The predicted molar refractivity (Wildman–Crippen MR) is 59.6 cm³/mol. The van der Waals surface area contributed by atoms with E-state index in [9.17, 15) is 4.79 Å². The molecule has 0 aliphatic heterocycles. The highest BCUT2D eigenvalue weighted by atomic mass is 16.5. The van der Waals surface area contributed by atoms with Gasteiger partial charge in [-0.2, -0.15) is 0 Å². The van der Waals surface area contributed by atoms with Gasteiger partial charge in [0.05, 0.1) is 6.04 Å². The number of hydrogen-bond acceptors (Lipinski definition) is 2. The molecule has 0 aromatic heterocycles. The van der Waals surface area contributed by atoms with Crippen molar-refractivity contribution in [2.24, 2.45) is 0 Å². The molecule has 0 heterocycles. The van der Waals surface area contributed by atoms with Crippen LogP contribution in [0.5, 0.6) is 0 Å². The molecule has 1 amide bonds. The number of aryl methyl sites for hydroxylation is 1. The molecule has 1 aromatic carbocycles. The van der Waals surface area contributed by atoms with E-state index in [2.05, 4.69) is 5.32 Å². The third kappa shape index (κ3) is 3.72. The molecule has 1 atom stereocenters. The number of rotatable bonds is 4. The number of hydrogen-bond donors (Lipinski definition) is 1. The van der Waals surface area contributed by atoms with Crippen molar-refractivity contribution in [1.29, 1.82) is 0 Å². The molecule has 1 N–H and O–H groups in total. The highest BCUT2D eigenvalue weighted by Gasteiger charge is 2.08. The molecule has 0 saturated carbocycles. The summed E-state index contributed by atoms with van der Waals surface area (Å²) in [5, 5.41) is 2.85. The van der Waals surface area contributed by atoms with Crippen LogP contribution in [-0.4, -0.2) is 19.6 Å².